The van der Waals surface area contributed by atoms with Crippen LogP contribution in [0, 0.1) is 0 Å². The Balaban J connectivity index is 1.62. The molecule has 0 saturated carbocycles. The molecular weight excluding hydrogens is 709 g/mol. The van der Waals surface area contributed by atoms with Gasteiger partial charge in [0.25, 0.3) is 11.8 Å². The molecule has 14 heteroatoms. The molecule has 0 aliphatic heterocycles. The van der Waals surface area contributed by atoms with Crippen LogP contribution < -0.4 is 10.1 Å². The fourth-order valence-corrected chi connectivity index (χ4v) is 5.51. The van der Waals surface area contributed by atoms with Crippen molar-refractivity contribution in [3.63, 3.8) is 0 Å². The molecule has 0 fully saturated rings. The van der Waals surface area contributed by atoms with Gasteiger partial charge in [-0.05, 0) is 78.6 Å². The minimum absolute atomic E-state index is 0.0226. The Bertz CT molecular complexity index is 1990. The zero-order valence-corrected chi connectivity index (χ0v) is 30.2. The third kappa shape index (κ3) is 9.24. The third-order valence-corrected chi connectivity index (χ3v) is 8.27. The lowest BCUT2D eigenvalue weighted by atomic mass is 9.80. The van der Waals surface area contributed by atoms with Crippen LogP contribution in [0.15, 0.2) is 91.0 Å². The molecule has 11 nitrogen and oxygen atoms in total. The minimum atomic E-state index is -4.53. The number of carbonyl (C=O) groups is 5. The van der Waals surface area contributed by atoms with Gasteiger partial charge in [-0.1, -0.05) is 48.5 Å². The molecule has 0 saturated heterocycles. The molecule has 4 aromatic rings. The summed E-state index contributed by atoms with van der Waals surface area (Å²) < 4.78 is 60.8. The summed E-state index contributed by atoms with van der Waals surface area (Å²) in [6.07, 6.45) is -4.93. The van der Waals surface area contributed by atoms with Crippen LogP contribution in [0.5, 0.6) is 5.75 Å². The highest BCUT2D eigenvalue weighted by molar-refractivity contribution is 6.12. The smallest absolute Gasteiger partial charge is 0.416 e. The van der Waals surface area contributed by atoms with Crippen molar-refractivity contribution < 1.29 is 56.1 Å². The van der Waals surface area contributed by atoms with Crippen LogP contribution in [0.3, 0.4) is 0 Å². The minimum Gasteiger partial charge on any atom is -0.497 e. The van der Waals surface area contributed by atoms with Crippen molar-refractivity contribution in [1.29, 1.82) is 0 Å². The Morgan fingerprint density at radius 2 is 1.37 bits per heavy atom. The van der Waals surface area contributed by atoms with Crippen LogP contribution in [-0.4, -0.2) is 75.6 Å². The van der Waals surface area contributed by atoms with Gasteiger partial charge in [0, 0.05) is 19.7 Å². The zero-order valence-electron chi connectivity index (χ0n) is 30.2. The first-order chi connectivity index (χ1) is 25.7. The van der Waals surface area contributed by atoms with E-state index in [4.69, 9.17) is 18.9 Å². The molecule has 0 aliphatic carbocycles. The Kier molecular flexibility index (Phi) is 13.2. The van der Waals surface area contributed by atoms with Crippen molar-refractivity contribution in [2.24, 2.45) is 0 Å². The summed E-state index contributed by atoms with van der Waals surface area (Å²) in [5.74, 6) is -3.69. The molecule has 0 unspecified atom stereocenters. The molecule has 0 bridgehead atoms. The normalized spacial score (nSPS) is 11.3. The number of amides is 2. The van der Waals surface area contributed by atoms with Crippen molar-refractivity contribution >= 4 is 35.4 Å². The number of ether oxygens (including phenoxy) is 4. The summed E-state index contributed by atoms with van der Waals surface area (Å²) in [7, 11) is 4.40. The average molecular weight is 749 g/mol. The molecule has 0 heterocycles. The number of methoxy groups -OCH3 is 1. The maximum Gasteiger partial charge on any atom is 0.416 e. The first-order valence-corrected chi connectivity index (χ1v) is 16.7. The molecule has 4 rings (SSSR count). The second-order valence-electron chi connectivity index (χ2n) is 12.1. The van der Waals surface area contributed by atoms with E-state index in [0.717, 1.165) is 12.1 Å². The fraction of sp³-hybridized carbons (Fsp3) is 0.275. The Hall–Kier alpha value is -6.18. The molecule has 54 heavy (non-hydrogen) atoms. The van der Waals surface area contributed by atoms with E-state index in [9.17, 15) is 37.1 Å². The van der Waals surface area contributed by atoms with Gasteiger partial charge in [-0.3, -0.25) is 24.0 Å². The van der Waals surface area contributed by atoms with Gasteiger partial charge in [-0.2, -0.15) is 13.2 Å². The van der Waals surface area contributed by atoms with Crippen molar-refractivity contribution in [3.8, 4) is 16.9 Å². The maximum absolute atomic E-state index is 13.6. The standard InChI is InChI=1S/C40H39F3N2O9/c1-6-52-37(49)39(38(50)53-7-2,28-11-10-12-29(23-28)51-5)24-54-34(46)22-25-15-20-33(32(21-25)36(48)45(3)4)44-35(47)31-14-9-8-13-30(31)26-16-18-27(19-17-26)40(41,42)43/h8-21,23H,6-7,22,24H2,1-5H3,(H,44,47). The van der Waals surface area contributed by atoms with E-state index in [1.807, 2.05) is 0 Å². The van der Waals surface area contributed by atoms with Crippen LogP contribution in [0.4, 0.5) is 18.9 Å². The summed E-state index contributed by atoms with van der Waals surface area (Å²) in [5, 5.41) is 2.71. The topological polar surface area (TPSA) is 138 Å². The number of halogens is 3. The number of alkyl halides is 3. The van der Waals surface area contributed by atoms with Crippen LogP contribution in [0.1, 0.15) is 51.3 Å². The molecule has 0 aliphatic rings. The molecule has 284 valence electrons. The van der Waals surface area contributed by atoms with Gasteiger partial charge in [0.15, 0.2) is 0 Å². The number of carbonyl (C=O) groups excluding carboxylic acids is 5. The molecule has 4 aromatic carbocycles. The predicted octanol–water partition coefficient (Wildman–Crippen LogP) is 6.49. The summed E-state index contributed by atoms with van der Waals surface area (Å²) in [6, 6.07) is 21.1. The van der Waals surface area contributed by atoms with E-state index < -0.39 is 59.9 Å². The number of rotatable bonds is 14. The molecule has 1 N–H and O–H groups in total. The lowest BCUT2D eigenvalue weighted by Gasteiger charge is -2.29. The second kappa shape index (κ2) is 17.6. The van der Waals surface area contributed by atoms with E-state index in [0.29, 0.717) is 22.4 Å². The molecule has 0 spiro atoms. The van der Waals surface area contributed by atoms with Crippen molar-refractivity contribution in [3.05, 3.63) is 119 Å². The van der Waals surface area contributed by atoms with Gasteiger partial charge in [-0.15, -0.1) is 0 Å². The van der Waals surface area contributed by atoms with Gasteiger partial charge < -0.3 is 29.2 Å². The maximum atomic E-state index is 13.6. The van der Waals surface area contributed by atoms with Gasteiger partial charge in [0.2, 0.25) is 5.41 Å². The summed E-state index contributed by atoms with van der Waals surface area (Å²) >= 11 is 0. The molecular formula is C40H39F3N2O9. The highest BCUT2D eigenvalue weighted by Crippen LogP contribution is 2.34. The third-order valence-electron chi connectivity index (χ3n) is 8.27. The van der Waals surface area contributed by atoms with Crippen molar-refractivity contribution in [1.82, 2.24) is 4.90 Å². The van der Waals surface area contributed by atoms with E-state index in [2.05, 4.69) is 5.32 Å². The molecule has 0 aromatic heterocycles. The van der Waals surface area contributed by atoms with Gasteiger partial charge in [0.05, 0.1) is 43.6 Å². The number of esters is 3. The summed E-state index contributed by atoms with van der Waals surface area (Å²) in [5.41, 5.74) is -1.62. The van der Waals surface area contributed by atoms with E-state index in [1.54, 1.807) is 44.2 Å². The molecule has 0 radical (unpaired) electrons. The highest BCUT2D eigenvalue weighted by atomic mass is 19.4. The SMILES string of the molecule is CCOC(=O)C(COC(=O)Cc1ccc(NC(=O)c2ccccc2-c2ccc(C(F)(F)F)cc2)c(C(=O)N(C)C)c1)(C(=O)OCC)c1cccc(OC)c1. The van der Waals surface area contributed by atoms with Crippen LogP contribution in [0.2, 0.25) is 0 Å². The number of hydrogen-bond donors (Lipinski definition) is 1. The summed E-state index contributed by atoms with van der Waals surface area (Å²) in [6.45, 7) is 2.19. The number of anilines is 1. The van der Waals surface area contributed by atoms with Gasteiger partial charge in [0.1, 0.15) is 12.4 Å². The Labute approximate surface area is 310 Å². The number of nitrogens with one attached hydrogen (secondary N) is 1. The van der Waals surface area contributed by atoms with E-state index in [1.165, 1.54) is 74.6 Å². The zero-order chi connectivity index (χ0) is 39.6. The van der Waals surface area contributed by atoms with Gasteiger partial charge in [-0.25, -0.2) is 0 Å². The van der Waals surface area contributed by atoms with Gasteiger partial charge >= 0.3 is 24.1 Å². The fourth-order valence-electron chi connectivity index (χ4n) is 5.51. The monoisotopic (exact) mass is 748 g/mol. The van der Waals surface area contributed by atoms with Crippen molar-refractivity contribution in [2.75, 3.05) is 46.3 Å². The molecule has 0 atom stereocenters. The lowest BCUT2D eigenvalue weighted by Crippen LogP contribution is -2.50. The van der Waals surface area contributed by atoms with E-state index in [-0.39, 0.29) is 35.6 Å². The predicted molar refractivity (Wildman–Crippen MR) is 192 cm³/mol. The van der Waals surface area contributed by atoms with Crippen LogP contribution in [0.25, 0.3) is 11.1 Å². The lowest BCUT2D eigenvalue weighted by molar-refractivity contribution is -0.170. The van der Waals surface area contributed by atoms with Crippen LogP contribution in [-0.2, 0) is 46.6 Å². The average Bonchev–Trinajstić information content (AvgIpc) is 3.15. The number of hydrogen-bond acceptors (Lipinski definition) is 9. The first-order valence-electron chi connectivity index (χ1n) is 16.7. The largest absolute Gasteiger partial charge is 0.497 e. The van der Waals surface area contributed by atoms with Crippen LogP contribution >= 0.6 is 0 Å². The number of nitrogens with zero attached hydrogens (tertiary/aromatic N) is 1. The molecule has 2 amide bonds. The van der Waals surface area contributed by atoms with Crippen molar-refractivity contribution in [2.45, 2.75) is 31.9 Å². The Morgan fingerprint density at radius 3 is 1.96 bits per heavy atom. The summed E-state index contributed by atoms with van der Waals surface area (Å²) in [4.78, 5) is 68.4. The quantitative estimate of drug-likeness (QED) is 0.0872. The second-order valence-corrected chi connectivity index (χ2v) is 12.1. The highest BCUT2D eigenvalue weighted by Gasteiger charge is 2.52. The number of benzene rings is 4. The first kappa shape index (κ1) is 40.6. The Morgan fingerprint density at radius 1 is 0.722 bits per heavy atom. The van der Waals surface area contributed by atoms with E-state index >= 15 is 0 Å².